The van der Waals surface area contributed by atoms with Gasteiger partial charge in [-0.2, -0.15) is 0 Å². The first-order valence-corrected chi connectivity index (χ1v) is 14.2. The summed E-state index contributed by atoms with van der Waals surface area (Å²) in [6.07, 6.45) is 5.08. The Kier molecular flexibility index (Phi) is 9.99. The molecule has 1 atom stereocenters. The van der Waals surface area contributed by atoms with E-state index in [0.717, 1.165) is 39.5 Å². The molecule has 6 heteroatoms. The van der Waals surface area contributed by atoms with Crippen molar-refractivity contribution in [2.75, 3.05) is 13.2 Å². The van der Waals surface area contributed by atoms with Crippen LogP contribution in [0.1, 0.15) is 61.6 Å². The predicted molar refractivity (Wildman–Crippen MR) is 155 cm³/mol. The van der Waals surface area contributed by atoms with Crippen molar-refractivity contribution in [1.82, 2.24) is 5.32 Å². The van der Waals surface area contributed by atoms with E-state index in [1.54, 1.807) is 0 Å². The summed E-state index contributed by atoms with van der Waals surface area (Å²) < 4.78 is 12.3. The molecule has 4 rings (SSSR count). The number of rotatable bonds is 12. The van der Waals surface area contributed by atoms with Crippen LogP contribution in [0.3, 0.4) is 0 Å². The Labute approximate surface area is 233 Å². The lowest BCUT2D eigenvalue weighted by molar-refractivity contribution is -0.146. The van der Waals surface area contributed by atoms with Gasteiger partial charge in [-0.1, -0.05) is 93.3 Å². The second-order valence-corrected chi connectivity index (χ2v) is 10.7. The maximum absolute atomic E-state index is 12.9. The molecular weight excluding hydrogens is 577 g/mol. The Morgan fingerprint density at radius 3 is 2.11 bits per heavy atom. The van der Waals surface area contributed by atoms with Crippen LogP contribution in [0.15, 0.2) is 72.8 Å². The average molecular weight is 612 g/mol. The Balaban J connectivity index is 1.38. The Morgan fingerprint density at radius 1 is 0.838 bits per heavy atom. The van der Waals surface area contributed by atoms with Crippen molar-refractivity contribution in [1.29, 1.82) is 0 Å². The number of benzene rings is 3. The summed E-state index contributed by atoms with van der Waals surface area (Å²) in [7, 11) is 0. The molecule has 5 nitrogen and oxygen atoms in total. The molecule has 0 bridgehead atoms. The van der Waals surface area contributed by atoms with Crippen molar-refractivity contribution in [3.05, 3.63) is 93.1 Å². The van der Waals surface area contributed by atoms with Crippen LogP contribution in [0, 0.1) is 3.57 Å². The highest BCUT2D eigenvalue weighted by Gasteiger charge is 2.30. The molecule has 3 aromatic rings. The van der Waals surface area contributed by atoms with Gasteiger partial charge in [0.15, 0.2) is 0 Å². The molecule has 0 unspecified atom stereocenters. The van der Waals surface area contributed by atoms with Crippen LogP contribution in [-0.2, 0) is 20.7 Å². The summed E-state index contributed by atoms with van der Waals surface area (Å²) in [6.45, 7) is 2.73. The number of unbranched alkanes of at least 4 members (excludes halogenated alkanes) is 4. The van der Waals surface area contributed by atoms with Crippen LogP contribution in [-0.4, -0.2) is 31.3 Å². The molecule has 0 fully saturated rings. The van der Waals surface area contributed by atoms with Gasteiger partial charge in [0.1, 0.15) is 12.6 Å². The number of hydrogen-bond donors (Lipinski definition) is 1. The minimum absolute atomic E-state index is 0.0390. The highest BCUT2D eigenvalue weighted by Crippen LogP contribution is 2.44. The number of alkyl carbamates (subject to hydrolysis) is 1. The van der Waals surface area contributed by atoms with Crippen molar-refractivity contribution in [2.24, 2.45) is 0 Å². The molecule has 0 spiro atoms. The number of fused-ring (bicyclic) bond motifs is 3. The molecule has 37 heavy (non-hydrogen) atoms. The summed E-state index contributed by atoms with van der Waals surface area (Å²) in [4.78, 5) is 25.8. The zero-order valence-electron chi connectivity index (χ0n) is 21.3. The SMILES string of the molecule is CCCCCCCOC(=O)[C@H](Cc1ccc(I)cc1)NC(=O)OCC1c2ccccc2-c2ccccc21. The average Bonchev–Trinajstić information content (AvgIpc) is 3.24. The molecule has 1 aliphatic carbocycles. The summed E-state index contributed by atoms with van der Waals surface area (Å²) >= 11 is 2.24. The van der Waals surface area contributed by atoms with Gasteiger partial charge >= 0.3 is 12.1 Å². The van der Waals surface area contributed by atoms with Gasteiger partial charge in [0.25, 0.3) is 0 Å². The third-order valence-corrected chi connectivity index (χ3v) is 7.48. The fourth-order valence-corrected chi connectivity index (χ4v) is 5.17. The van der Waals surface area contributed by atoms with Gasteiger partial charge in [-0.15, -0.1) is 0 Å². The fourth-order valence-electron chi connectivity index (χ4n) is 4.81. The lowest BCUT2D eigenvalue weighted by atomic mass is 9.98. The van der Waals surface area contributed by atoms with E-state index in [9.17, 15) is 9.59 Å². The third kappa shape index (κ3) is 7.34. The van der Waals surface area contributed by atoms with Gasteiger partial charge in [-0.05, 0) is 69.0 Å². The molecule has 194 valence electrons. The number of carbonyl (C=O) groups excluding carboxylic acids is 2. The van der Waals surface area contributed by atoms with E-state index in [4.69, 9.17) is 9.47 Å². The fraction of sp³-hybridized carbons (Fsp3) is 0.355. The van der Waals surface area contributed by atoms with E-state index in [-0.39, 0.29) is 12.5 Å². The van der Waals surface area contributed by atoms with Crippen molar-refractivity contribution in [3.8, 4) is 11.1 Å². The number of esters is 1. The lowest BCUT2D eigenvalue weighted by Crippen LogP contribution is -2.44. The van der Waals surface area contributed by atoms with Crippen LogP contribution in [0.2, 0.25) is 0 Å². The maximum Gasteiger partial charge on any atom is 0.407 e. The van der Waals surface area contributed by atoms with Crippen LogP contribution < -0.4 is 5.32 Å². The van der Waals surface area contributed by atoms with E-state index < -0.39 is 18.1 Å². The molecule has 1 N–H and O–H groups in total. The summed E-state index contributed by atoms with van der Waals surface area (Å²) in [5.41, 5.74) is 5.59. The number of ether oxygens (including phenoxy) is 2. The maximum atomic E-state index is 12.9. The second-order valence-electron chi connectivity index (χ2n) is 9.43. The lowest BCUT2D eigenvalue weighted by Gasteiger charge is -2.19. The van der Waals surface area contributed by atoms with Crippen molar-refractivity contribution in [3.63, 3.8) is 0 Å². The summed E-state index contributed by atoms with van der Waals surface area (Å²) in [5.74, 6) is -0.467. The highest BCUT2D eigenvalue weighted by atomic mass is 127. The van der Waals surface area contributed by atoms with Gasteiger partial charge in [-0.3, -0.25) is 0 Å². The first-order chi connectivity index (χ1) is 18.1. The van der Waals surface area contributed by atoms with Crippen LogP contribution >= 0.6 is 22.6 Å². The highest BCUT2D eigenvalue weighted by molar-refractivity contribution is 14.1. The zero-order valence-corrected chi connectivity index (χ0v) is 23.4. The molecule has 3 aromatic carbocycles. The zero-order chi connectivity index (χ0) is 26.0. The molecule has 0 aliphatic heterocycles. The van der Waals surface area contributed by atoms with E-state index in [2.05, 4.69) is 59.1 Å². The smallest absolute Gasteiger partial charge is 0.407 e. The number of carbonyl (C=O) groups is 2. The summed E-state index contributed by atoms with van der Waals surface area (Å²) in [6, 6.07) is 23.5. The van der Waals surface area contributed by atoms with Crippen LogP contribution in [0.25, 0.3) is 11.1 Å². The van der Waals surface area contributed by atoms with E-state index >= 15 is 0 Å². The quantitative estimate of drug-likeness (QED) is 0.133. The molecule has 0 aromatic heterocycles. The standard InChI is InChI=1S/C31H34INO4/c1-2-3-4-5-10-19-36-30(34)29(20-22-15-17-23(32)18-16-22)33-31(35)37-21-28-26-13-8-6-11-24(26)25-12-7-9-14-27(25)28/h6-9,11-18,28-29H,2-5,10,19-21H2,1H3,(H,33,35)/t29-/m0/s1. The molecule has 0 saturated carbocycles. The Morgan fingerprint density at radius 2 is 1.46 bits per heavy atom. The molecule has 0 heterocycles. The Bertz CT molecular complexity index is 1150. The minimum Gasteiger partial charge on any atom is -0.464 e. The Hall–Kier alpha value is -2.87. The topological polar surface area (TPSA) is 64.6 Å². The van der Waals surface area contributed by atoms with Gasteiger partial charge in [-0.25, -0.2) is 9.59 Å². The van der Waals surface area contributed by atoms with E-state index in [1.165, 1.54) is 24.0 Å². The van der Waals surface area contributed by atoms with Gasteiger partial charge in [0.2, 0.25) is 0 Å². The number of halogens is 1. The number of amides is 1. The predicted octanol–water partition coefficient (Wildman–Crippen LogP) is 7.25. The van der Waals surface area contributed by atoms with Gasteiger partial charge in [0.05, 0.1) is 6.61 Å². The van der Waals surface area contributed by atoms with Crippen LogP contribution in [0.4, 0.5) is 4.79 Å². The van der Waals surface area contributed by atoms with Crippen molar-refractivity contribution in [2.45, 2.75) is 57.4 Å². The molecule has 0 radical (unpaired) electrons. The van der Waals surface area contributed by atoms with Crippen molar-refractivity contribution < 1.29 is 19.1 Å². The first-order valence-electron chi connectivity index (χ1n) is 13.1. The normalized spacial score (nSPS) is 12.9. The molecular formula is C31H34INO4. The van der Waals surface area contributed by atoms with Gasteiger partial charge in [0, 0.05) is 15.9 Å². The second kappa shape index (κ2) is 13.6. The third-order valence-electron chi connectivity index (χ3n) is 6.77. The minimum atomic E-state index is -0.814. The van der Waals surface area contributed by atoms with E-state index in [0.29, 0.717) is 13.0 Å². The molecule has 1 amide bonds. The van der Waals surface area contributed by atoms with Crippen LogP contribution in [0.5, 0.6) is 0 Å². The number of nitrogens with one attached hydrogen (secondary N) is 1. The molecule has 1 aliphatic rings. The summed E-state index contributed by atoms with van der Waals surface area (Å²) in [5, 5.41) is 2.78. The molecule has 0 saturated heterocycles. The van der Waals surface area contributed by atoms with Gasteiger partial charge < -0.3 is 14.8 Å². The number of hydrogen-bond acceptors (Lipinski definition) is 4. The monoisotopic (exact) mass is 611 g/mol. The van der Waals surface area contributed by atoms with E-state index in [1.807, 2.05) is 48.5 Å². The largest absolute Gasteiger partial charge is 0.464 e. The first kappa shape index (κ1) is 27.2. The van der Waals surface area contributed by atoms with Crippen molar-refractivity contribution >= 4 is 34.7 Å².